The second-order valence-electron chi connectivity index (χ2n) is 3.08. The van der Waals surface area contributed by atoms with Crippen LogP contribution in [-0.2, 0) is 4.79 Å². The zero-order valence-electron chi connectivity index (χ0n) is 8.76. The summed E-state index contributed by atoms with van der Waals surface area (Å²) in [5.41, 5.74) is 6.88. The SMILES string of the molecule is CCCC(=C(C)C(N)=O)N(C)C.Cl. The Morgan fingerprint density at radius 3 is 2.08 bits per heavy atom. The van der Waals surface area contributed by atoms with Crippen molar-refractivity contribution in [1.29, 1.82) is 0 Å². The number of carbonyl (C=O) groups excluding carboxylic acids is 1. The lowest BCUT2D eigenvalue weighted by Gasteiger charge is -2.18. The minimum absolute atomic E-state index is 0. The lowest BCUT2D eigenvalue weighted by Crippen LogP contribution is -2.20. The van der Waals surface area contributed by atoms with Gasteiger partial charge in [-0.3, -0.25) is 4.79 Å². The van der Waals surface area contributed by atoms with Gasteiger partial charge in [-0.15, -0.1) is 12.4 Å². The van der Waals surface area contributed by atoms with Crippen LogP contribution in [0, 0.1) is 0 Å². The van der Waals surface area contributed by atoms with Gasteiger partial charge >= 0.3 is 0 Å². The summed E-state index contributed by atoms with van der Waals surface area (Å²) in [4.78, 5) is 12.8. The van der Waals surface area contributed by atoms with E-state index in [2.05, 4.69) is 6.92 Å². The Morgan fingerprint density at radius 2 is 1.85 bits per heavy atom. The van der Waals surface area contributed by atoms with E-state index in [-0.39, 0.29) is 18.3 Å². The topological polar surface area (TPSA) is 46.3 Å². The molecule has 3 nitrogen and oxygen atoms in total. The highest BCUT2D eigenvalue weighted by molar-refractivity contribution is 5.91. The summed E-state index contributed by atoms with van der Waals surface area (Å²) in [6, 6.07) is 0. The molecule has 0 rings (SSSR count). The molecule has 0 atom stereocenters. The summed E-state index contributed by atoms with van der Waals surface area (Å²) < 4.78 is 0. The van der Waals surface area contributed by atoms with Crippen LogP contribution in [0.3, 0.4) is 0 Å². The van der Waals surface area contributed by atoms with E-state index in [9.17, 15) is 4.79 Å². The fourth-order valence-electron chi connectivity index (χ4n) is 1.13. The van der Waals surface area contributed by atoms with E-state index in [4.69, 9.17) is 5.73 Å². The molecule has 0 aliphatic heterocycles. The van der Waals surface area contributed by atoms with Crippen LogP contribution in [0.2, 0.25) is 0 Å². The maximum atomic E-state index is 10.9. The average molecular weight is 207 g/mol. The molecule has 0 saturated heterocycles. The van der Waals surface area contributed by atoms with E-state index in [1.165, 1.54) is 0 Å². The second kappa shape index (κ2) is 6.78. The summed E-state index contributed by atoms with van der Waals surface area (Å²) in [7, 11) is 3.86. The Morgan fingerprint density at radius 1 is 1.38 bits per heavy atom. The number of nitrogens with zero attached hydrogens (tertiary/aromatic N) is 1. The number of amides is 1. The number of primary amides is 1. The quantitative estimate of drug-likeness (QED) is 0.710. The molecule has 0 unspecified atom stereocenters. The molecular formula is C9H19ClN2O. The van der Waals surface area contributed by atoms with Gasteiger partial charge in [-0.25, -0.2) is 0 Å². The van der Waals surface area contributed by atoms with E-state index in [1.54, 1.807) is 6.92 Å². The zero-order valence-corrected chi connectivity index (χ0v) is 9.57. The van der Waals surface area contributed by atoms with Crippen molar-refractivity contribution in [2.75, 3.05) is 14.1 Å². The molecule has 13 heavy (non-hydrogen) atoms. The molecule has 0 aromatic carbocycles. The van der Waals surface area contributed by atoms with Crippen LogP contribution >= 0.6 is 12.4 Å². The van der Waals surface area contributed by atoms with Crippen LogP contribution in [-0.4, -0.2) is 24.9 Å². The number of hydrogen-bond donors (Lipinski definition) is 1. The van der Waals surface area contributed by atoms with Crippen LogP contribution < -0.4 is 5.73 Å². The Balaban J connectivity index is 0. The van der Waals surface area contributed by atoms with Crippen molar-refractivity contribution in [2.24, 2.45) is 5.73 Å². The number of allylic oxidation sites excluding steroid dienone is 1. The number of nitrogens with two attached hydrogens (primary N) is 1. The van der Waals surface area contributed by atoms with Crippen molar-refractivity contribution in [2.45, 2.75) is 26.7 Å². The molecule has 0 aromatic rings. The number of carbonyl (C=O) groups is 1. The van der Waals surface area contributed by atoms with Crippen LogP contribution in [0.5, 0.6) is 0 Å². The van der Waals surface area contributed by atoms with Crippen molar-refractivity contribution in [1.82, 2.24) is 4.90 Å². The fourth-order valence-corrected chi connectivity index (χ4v) is 1.13. The van der Waals surface area contributed by atoms with Gasteiger partial charge in [0.25, 0.3) is 0 Å². The summed E-state index contributed by atoms with van der Waals surface area (Å²) >= 11 is 0. The third-order valence-corrected chi connectivity index (χ3v) is 1.83. The van der Waals surface area contributed by atoms with Gasteiger partial charge in [-0.1, -0.05) is 13.3 Å². The predicted octanol–water partition coefficient (Wildman–Crippen LogP) is 1.53. The second-order valence-corrected chi connectivity index (χ2v) is 3.08. The van der Waals surface area contributed by atoms with Gasteiger partial charge in [0, 0.05) is 25.4 Å². The van der Waals surface area contributed by atoms with Gasteiger partial charge in [-0.05, 0) is 13.3 Å². The van der Waals surface area contributed by atoms with E-state index in [0.29, 0.717) is 5.57 Å². The number of halogens is 1. The molecule has 0 aliphatic carbocycles. The molecule has 0 bridgehead atoms. The van der Waals surface area contributed by atoms with Gasteiger partial charge in [0.05, 0.1) is 0 Å². The maximum Gasteiger partial charge on any atom is 0.246 e. The molecule has 0 spiro atoms. The first-order valence-electron chi connectivity index (χ1n) is 4.17. The molecule has 0 saturated carbocycles. The summed E-state index contributed by atoms with van der Waals surface area (Å²) in [6.45, 7) is 3.85. The number of rotatable bonds is 4. The van der Waals surface area contributed by atoms with E-state index in [0.717, 1.165) is 18.5 Å². The highest BCUT2D eigenvalue weighted by atomic mass is 35.5. The standard InChI is InChI=1S/C9H18N2O.ClH/c1-5-6-8(11(3)4)7(2)9(10)12;/h5-6H2,1-4H3,(H2,10,12);1H. The van der Waals surface area contributed by atoms with Gasteiger partial charge in [-0.2, -0.15) is 0 Å². The first-order chi connectivity index (χ1) is 5.50. The average Bonchev–Trinajstić information content (AvgIpc) is 1.98. The smallest absolute Gasteiger partial charge is 0.246 e. The molecule has 4 heteroatoms. The van der Waals surface area contributed by atoms with Crippen molar-refractivity contribution < 1.29 is 4.79 Å². The lowest BCUT2D eigenvalue weighted by molar-refractivity contribution is -0.114. The Bertz CT molecular complexity index is 200. The molecule has 2 N–H and O–H groups in total. The van der Waals surface area contributed by atoms with Gasteiger partial charge < -0.3 is 10.6 Å². The molecule has 0 aliphatic rings. The molecule has 78 valence electrons. The van der Waals surface area contributed by atoms with E-state index in [1.807, 2.05) is 19.0 Å². The van der Waals surface area contributed by atoms with Gasteiger partial charge in [0.2, 0.25) is 5.91 Å². The third kappa shape index (κ3) is 4.78. The lowest BCUT2D eigenvalue weighted by atomic mass is 10.1. The Kier molecular flexibility index (Phi) is 7.72. The van der Waals surface area contributed by atoms with Crippen LogP contribution in [0.25, 0.3) is 0 Å². The zero-order chi connectivity index (χ0) is 9.72. The predicted molar refractivity (Wildman–Crippen MR) is 57.7 cm³/mol. The molecule has 0 heterocycles. The van der Waals surface area contributed by atoms with Crippen molar-refractivity contribution in [3.8, 4) is 0 Å². The Hall–Kier alpha value is -0.700. The third-order valence-electron chi connectivity index (χ3n) is 1.83. The highest BCUT2D eigenvalue weighted by Gasteiger charge is 2.07. The highest BCUT2D eigenvalue weighted by Crippen LogP contribution is 2.12. The molecule has 0 aromatic heterocycles. The monoisotopic (exact) mass is 206 g/mol. The van der Waals surface area contributed by atoms with Crippen LogP contribution in [0.1, 0.15) is 26.7 Å². The molecule has 0 fully saturated rings. The largest absolute Gasteiger partial charge is 0.381 e. The first kappa shape index (κ1) is 14.8. The summed E-state index contributed by atoms with van der Waals surface area (Å²) in [5.74, 6) is -0.327. The van der Waals surface area contributed by atoms with E-state index < -0.39 is 0 Å². The van der Waals surface area contributed by atoms with Crippen LogP contribution in [0.15, 0.2) is 11.3 Å². The normalized spacial score (nSPS) is 11.4. The molecular weight excluding hydrogens is 188 g/mol. The maximum absolute atomic E-state index is 10.9. The molecule has 0 radical (unpaired) electrons. The van der Waals surface area contributed by atoms with Crippen LogP contribution in [0.4, 0.5) is 0 Å². The Labute approximate surface area is 86.4 Å². The minimum atomic E-state index is -0.327. The molecule has 1 amide bonds. The minimum Gasteiger partial charge on any atom is -0.381 e. The van der Waals surface area contributed by atoms with Crippen molar-refractivity contribution in [3.63, 3.8) is 0 Å². The van der Waals surface area contributed by atoms with Gasteiger partial charge in [0.15, 0.2) is 0 Å². The summed E-state index contributed by atoms with van der Waals surface area (Å²) in [5, 5.41) is 0. The summed E-state index contributed by atoms with van der Waals surface area (Å²) in [6.07, 6.45) is 1.93. The van der Waals surface area contributed by atoms with Crippen molar-refractivity contribution in [3.05, 3.63) is 11.3 Å². The van der Waals surface area contributed by atoms with E-state index >= 15 is 0 Å². The fraction of sp³-hybridized carbons (Fsp3) is 0.667. The van der Waals surface area contributed by atoms with Crippen molar-refractivity contribution >= 4 is 18.3 Å². The number of hydrogen-bond acceptors (Lipinski definition) is 2. The van der Waals surface area contributed by atoms with Gasteiger partial charge in [0.1, 0.15) is 0 Å². The first-order valence-corrected chi connectivity index (χ1v) is 4.17.